The molecule has 0 aromatic heterocycles. The SMILES string of the molecule is C[C@@H]1CC(=O)Nc2ccccc2N1C(=O)COC(=O)C=C1CCCCC1. The number of esters is 1. The van der Waals surface area contributed by atoms with Crippen molar-refractivity contribution in [3.8, 4) is 0 Å². The van der Waals surface area contributed by atoms with E-state index in [2.05, 4.69) is 5.32 Å². The molecule has 6 heteroatoms. The zero-order valence-corrected chi connectivity index (χ0v) is 15.0. The molecule has 138 valence electrons. The lowest BCUT2D eigenvalue weighted by molar-refractivity contribution is -0.143. The molecule has 1 atom stereocenters. The Morgan fingerprint density at radius 2 is 1.96 bits per heavy atom. The molecular formula is C20H24N2O4. The Kier molecular flexibility index (Phi) is 5.71. The van der Waals surface area contributed by atoms with E-state index in [-0.39, 0.29) is 30.9 Å². The number of nitrogens with one attached hydrogen (secondary N) is 1. The van der Waals surface area contributed by atoms with Gasteiger partial charge in [-0.3, -0.25) is 9.59 Å². The molecule has 0 spiro atoms. The second-order valence-corrected chi connectivity index (χ2v) is 6.85. The van der Waals surface area contributed by atoms with E-state index in [4.69, 9.17) is 4.74 Å². The molecule has 0 bridgehead atoms. The van der Waals surface area contributed by atoms with E-state index in [0.717, 1.165) is 31.3 Å². The van der Waals surface area contributed by atoms with Gasteiger partial charge in [0.05, 0.1) is 11.4 Å². The summed E-state index contributed by atoms with van der Waals surface area (Å²) in [6.45, 7) is 1.47. The minimum absolute atomic E-state index is 0.140. The van der Waals surface area contributed by atoms with Crippen molar-refractivity contribution in [3.63, 3.8) is 0 Å². The summed E-state index contributed by atoms with van der Waals surface area (Å²) in [5, 5.41) is 2.81. The number of amides is 2. The van der Waals surface area contributed by atoms with Crippen LogP contribution >= 0.6 is 0 Å². The quantitative estimate of drug-likeness (QED) is 0.667. The zero-order chi connectivity index (χ0) is 18.5. The van der Waals surface area contributed by atoms with Crippen LogP contribution in [0.4, 0.5) is 11.4 Å². The van der Waals surface area contributed by atoms with Crippen molar-refractivity contribution >= 4 is 29.2 Å². The van der Waals surface area contributed by atoms with Gasteiger partial charge in [0.1, 0.15) is 0 Å². The van der Waals surface area contributed by atoms with Crippen molar-refractivity contribution in [3.05, 3.63) is 35.9 Å². The maximum absolute atomic E-state index is 12.7. The Morgan fingerprint density at radius 1 is 1.23 bits per heavy atom. The predicted octanol–water partition coefficient (Wildman–Crippen LogP) is 3.18. The Hall–Kier alpha value is -2.63. The fraction of sp³-hybridized carbons (Fsp3) is 0.450. The topological polar surface area (TPSA) is 75.7 Å². The van der Waals surface area contributed by atoms with Crippen LogP contribution in [0.25, 0.3) is 0 Å². The highest BCUT2D eigenvalue weighted by molar-refractivity contribution is 6.05. The third-order valence-electron chi connectivity index (χ3n) is 4.78. The minimum atomic E-state index is -0.472. The van der Waals surface area contributed by atoms with Crippen molar-refractivity contribution < 1.29 is 19.1 Å². The Bertz CT molecular complexity index is 733. The maximum Gasteiger partial charge on any atom is 0.331 e. The number of hydrogen-bond acceptors (Lipinski definition) is 4. The number of allylic oxidation sites excluding steroid dienone is 1. The van der Waals surface area contributed by atoms with E-state index in [1.54, 1.807) is 18.2 Å². The van der Waals surface area contributed by atoms with Crippen LogP contribution in [0, 0.1) is 0 Å². The van der Waals surface area contributed by atoms with Gasteiger partial charge in [-0.05, 0) is 44.7 Å². The number of rotatable bonds is 3. The molecular weight excluding hydrogens is 332 g/mol. The summed E-state index contributed by atoms with van der Waals surface area (Å²) in [4.78, 5) is 38.2. The van der Waals surface area contributed by atoms with Gasteiger partial charge in [0.2, 0.25) is 5.91 Å². The molecule has 1 heterocycles. The van der Waals surface area contributed by atoms with E-state index < -0.39 is 5.97 Å². The standard InChI is InChI=1S/C20H24N2O4/c1-14-11-18(23)21-16-9-5-6-10-17(16)22(14)19(24)13-26-20(25)12-15-7-3-2-4-8-15/h5-6,9-10,12,14H,2-4,7-8,11,13H2,1H3,(H,21,23)/t14-/m1/s1. The van der Waals surface area contributed by atoms with Crippen molar-refractivity contribution in [2.75, 3.05) is 16.8 Å². The van der Waals surface area contributed by atoms with Crippen molar-refractivity contribution in [1.82, 2.24) is 0 Å². The highest BCUT2D eigenvalue weighted by Crippen LogP contribution is 2.31. The summed E-state index contributed by atoms with van der Waals surface area (Å²) >= 11 is 0. The summed E-state index contributed by atoms with van der Waals surface area (Å²) in [5.41, 5.74) is 2.31. The number of anilines is 2. The average molecular weight is 356 g/mol. The van der Waals surface area contributed by atoms with Crippen LogP contribution in [0.5, 0.6) is 0 Å². The second-order valence-electron chi connectivity index (χ2n) is 6.85. The average Bonchev–Trinajstić information content (AvgIpc) is 2.75. The maximum atomic E-state index is 12.7. The Morgan fingerprint density at radius 3 is 2.73 bits per heavy atom. The largest absolute Gasteiger partial charge is 0.452 e. The van der Waals surface area contributed by atoms with Crippen LogP contribution < -0.4 is 10.2 Å². The normalized spacial score (nSPS) is 19.9. The van der Waals surface area contributed by atoms with E-state index in [1.807, 2.05) is 13.0 Å². The summed E-state index contributed by atoms with van der Waals surface area (Å²) in [5.74, 6) is -0.948. The van der Waals surface area contributed by atoms with Crippen LogP contribution in [-0.4, -0.2) is 30.4 Å². The van der Waals surface area contributed by atoms with Crippen molar-refractivity contribution in [2.45, 2.75) is 51.5 Å². The van der Waals surface area contributed by atoms with Gasteiger partial charge < -0.3 is 15.0 Å². The van der Waals surface area contributed by atoms with E-state index in [1.165, 1.54) is 17.4 Å². The van der Waals surface area contributed by atoms with E-state index >= 15 is 0 Å². The minimum Gasteiger partial charge on any atom is -0.452 e. The summed E-state index contributed by atoms with van der Waals surface area (Å²) in [7, 11) is 0. The molecule has 1 fully saturated rings. The monoisotopic (exact) mass is 356 g/mol. The Balaban J connectivity index is 1.68. The van der Waals surface area contributed by atoms with Crippen LogP contribution in [0.3, 0.4) is 0 Å². The Labute approximate surface area is 153 Å². The van der Waals surface area contributed by atoms with Gasteiger partial charge in [-0.25, -0.2) is 4.79 Å². The lowest BCUT2D eigenvalue weighted by Gasteiger charge is -2.27. The van der Waals surface area contributed by atoms with Crippen LogP contribution in [0.1, 0.15) is 45.4 Å². The molecule has 26 heavy (non-hydrogen) atoms. The molecule has 0 saturated heterocycles. The molecule has 0 unspecified atom stereocenters. The zero-order valence-electron chi connectivity index (χ0n) is 15.0. The summed E-state index contributed by atoms with van der Waals surface area (Å²) < 4.78 is 5.18. The first-order chi connectivity index (χ1) is 12.5. The number of hydrogen-bond donors (Lipinski definition) is 1. The molecule has 3 rings (SSSR count). The fourth-order valence-corrected chi connectivity index (χ4v) is 3.53. The van der Waals surface area contributed by atoms with Gasteiger partial charge in [0, 0.05) is 18.5 Å². The van der Waals surface area contributed by atoms with Crippen molar-refractivity contribution in [1.29, 1.82) is 0 Å². The molecule has 6 nitrogen and oxygen atoms in total. The highest BCUT2D eigenvalue weighted by Gasteiger charge is 2.29. The number of fused-ring (bicyclic) bond motifs is 1. The number of nitrogens with zero attached hydrogens (tertiary/aromatic N) is 1. The van der Waals surface area contributed by atoms with Gasteiger partial charge in [-0.15, -0.1) is 0 Å². The van der Waals surface area contributed by atoms with Crippen LogP contribution in [0.15, 0.2) is 35.9 Å². The molecule has 1 aromatic carbocycles. The third kappa shape index (κ3) is 4.31. The molecule has 1 saturated carbocycles. The van der Waals surface area contributed by atoms with Crippen molar-refractivity contribution in [2.24, 2.45) is 0 Å². The van der Waals surface area contributed by atoms with E-state index in [0.29, 0.717) is 11.4 Å². The van der Waals surface area contributed by atoms with Gasteiger partial charge in [-0.2, -0.15) is 0 Å². The lowest BCUT2D eigenvalue weighted by Crippen LogP contribution is -2.41. The fourth-order valence-electron chi connectivity index (χ4n) is 3.53. The van der Waals surface area contributed by atoms with Gasteiger partial charge in [-0.1, -0.05) is 24.1 Å². The summed E-state index contributed by atoms with van der Waals surface area (Å²) in [6, 6.07) is 6.82. The number of ether oxygens (including phenoxy) is 1. The lowest BCUT2D eigenvalue weighted by atomic mass is 9.95. The smallest absolute Gasteiger partial charge is 0.331 e. The molecule has 1 aliphatic heterocycles. The molecule has 2 amide bonds. The first kappa shape index (κ1) is 18.2. The molecule has 2 aliphatic rings. The van der Waals surface area contributed by atoms with Crippen LogP contribution in [-0.2, 0) is 19.1 Å². The number of carbonyl (C=O) groups excluding carboxylic acids is 3. The predicted molar refractivity (Wildman–Crippen MR) is 98.8 cm³/mol. The second kappa shape index (κ2) is 8.17. The van der Waals surface area contributed by atoms with Gasteiger partial charge in [0.25, 0.3) is 5.91 Å². The number of para-hydroxylation sites is 2. The number of benzene rings is 1. The van der Waals surface area contributed by atoms with E-state index in [9.17, 15) is 14.4 Å². The number of carbonyl (C=O) groups is 3. The molecule has 1 aromatic rings. The van der Waals surface area contributed by atoms with Gasteiger partial charge >= 0.3 is 5.97 Å². The molecule has 1 N–H and O–H groups in total. The summed E-state index contributed by atoms with van der Waals surface area (Å²) in [6.07, 6.45) is 6.96. The first-order valence-corrected chi connectivity index (χ1v) is 9.12. The van der Waals surface area contributed by atoms with Gasteiger partial charge in [0.15, 0.2) is 6.61 Å². The molecule has 0 radical (unpaired) electrons. The van der Waals surface area contributed by atoms with Crippen LogP contribution in [0.2, 0.25) is 0 Å². The highest BCUT2D eigenvalue weighted by atomic mass is 16.5. The molecule has 1 aliphatic carbocycles. The first-order valence-electron chi connectivity index (χ1n) is 9.12. The third-order valence-corrected chi connectivity index (χ3v) is 4.78.